The Morgan fingerprint density at radius 2 is 1.79 bits per heavy atom. The molecular weight excluding hydrogens is 399 g/mol. The largest absolute Gasteiger partial charge is 0.469 e. The van der Waals surface area contributed by atoms with Crippen LogP contribution in [-0.4, -0.2) is 28.0 Å². The van der Waals surface area contributed by atoms with E-state index in [4.69, 9.17) is 27.9 Å². The molecule has 0 atom stereocenters. The summed E-state index contributed by atoms with van der Waals surface area (Å²) in [7, 11) is 1.64. The van der Waals surface area contributed by atoms with Crippen molar-refractivity contribution in [3.63, 3.8) is 0 Å². The van der Waals surface area contributed by atoms with E-state index in [-0.39, 0.29) is 29.6 Å². The summed E-state index contributed by atoms with van der Waals surface area (Å²) in [5.41, 5.74) is 1.79. The van der Waals surface area contributed by atoms with E-state index in [1.54, 1.807) is 43.4 Å². The van der Waals surface area contributed by atoms with Gasteiger partial charge < -0.3 is 4.74 Å². The average Bonchev–Trinajstić information content (AvgIpc) is 3.07. The van der Waals surface area contributed by atoms with Crippen LogP contribution in [0.2, 0.25) is 10.0 Å². The lowest BCUT2D eigenvalue weighted by molar-refractivity contribution is 0.0908. The van der Waals surface area contributed by atoms with E-state index >= 15 is 0 Å². The molecule has 0 aliphatic rings. The molecule has 0 saturated heterocycles. The molecule has 7 heteroatoms. The second-order valence-corrected chi connectivity index (χ2v) is 6.92. The number of carbonyl (C=O) groups excluding carboxylic acids is 2. The van der Waals surface area contributed by atoms with Gasteiger partial charge in [-0.25, -0.2) is 4.68 Å². The van der Waals surface area contributed by atoms with Crippen LogP contribution in [0.3, 0.4) is 0 Å². The Hall–Kier alpha value is -2.63. The maximum absolute atomic E-state index is 13.0. The molecule has 0 bridgehead atoms. The summed E-state index contributed by atoms with van der Waals surface area (Å²) in [4.78, 5) is 25.4. The Morgan fingerprint density at radius 3 is 2.46 bits per heavy atom. The van der Waals surface area contributed by atoms with Gasteiger partial charge in [-0.15, -0.1) is 0 Å². The molecule has 3 aromatic rings. The minimum atomic E-state index is -0.341. The first-order chi connectivity index (χ1) is 13.4. The van der Waals surface area contributed by atoms with Crippen LogP contribution in [0.5, 0.6) is 5.88 Å². The zero-order chi connectivity index (χ0) is 20.3. The number of carbonyl (C=O) groups is 2. The van der Waals surface area contributed by atoms with Crippen LogP contribution in [0.15, 0.2) is 48.7 Å². The van der Waals surface area contributed by atoms with E-state index < -0.39 is 0 Å². The fraction of sp³-hybridized carbons (Fsp3) is 0.190. The van der Waals surface area contributed by atoms with Crippen LogP contribution in [-0.2, 0) is 13.5 Å². The first kappa shape index (κ1) is 20.1. The maximum Gasteiger partial charge on any atom is 0.223 e. The third-order valence-corrected chi connectivity index (χ3v) is 5.13. The molecule has 2 aromatic carbocycles. The van der Waals surface area contributed by atoms with E-state index in [1.165, 1.54) is 10.9 Å². The molecule has 0 radical (unpaired) electrons. The average molecular weight is 417 g/mol. The van der Waals surface area contributed by atoms with E-state index in [0.29, 0.717) is 33.2 Å². The first-order valence-corrected chi connectivity index (χ1v) is 9.44. The summed E-state index contributed by atoms with van der Waals surface area (Å²) in [5, 5.41) is 4.92. The van der Waals surface area contributed by atoms with Crippen LogP contribution in [0.25, 0.3) is 0 Å². The van der Waals surface area contributed by atoms with Crippen LogP contribution in [0.4, 0.5) is 0 Å². The molecule has 0 fully saturated rings. The zero-order valence-corrected chi connectivity index (χ0v) is 16.9. The normalized spacial score (nSPS) is 10.7. The molecule has 28 heavy (non-hydrogen) atoms. The van der Waals surface area contributed by atoms with Gasteiger partial charge >= 0.3 is 0 Å². The van der Waals surface area contributed by atoms with E-state index in [9.17, 15) is 9.59 Å². The predicted octanol–water partition coefficient (Wildman–Crippen LogP) is 4.78. The minimum Gasteiger partial charge on any atom is -0.469 e. The van der Waals surface area contributed by atoms with Gasteiger partial charge in [-0.1, -0.05) is 60.5 Å². The fourth-order valence-electron chi connectivity index (χ4n) is 2.84. The van der Waals surface area contributed by atoms with Gasteiger partial charge in [0.2, 0.25) is 11.7 Å². The molecule has 0 spiro atoms. The Labute approximate surface area is 172 Å². The maximum atomic E-state index is 13.0. The lowest BCUT2D eigenvalue weighted by atomic mass is 10.0. The van der Waals surface area contributed by atoms with Crippen molar-refractivity contribution in [3.05, 3.63) is 81.0 Å². The zero-order valence-electron chi connectivity index (χ0n) is 15.4. The topological polar surface area (TPSA) is 61.2 Å². The quantitative estimate of drug-likeness (QED) is 0.519. The number of rotatable bonds is 7. The Morgan fingerprint density at radius 1 is 1.07 bits per heavy atom. The van der Waals surface area contributed by atoms with Gasteiger partial charge in [-0.2, -0.15) is 5.10 Å². The lowest BCUT2D eigenvalue weighted by Gasteiger charge is -2.11. The predicted molar refractivity (Wildman–Crippen MR) is 109 cm³/mol. The third-order valence-electron chi connectivity index (χ3n) is 4.35. The Balaban J connectivity index is 1.87. The summed E-state index contributed by atoms with van der Waals surface area (Å²) in [6.07, 6.45) is 2.00. The van der Waals surface area contributed by atoms with Gasteiger partial charge in [0.05, 0.1) is 11.2 Å². The van der Waals surface area contributed by atoms with Crippen molar-refractivity contribution in [2.45, 2.75) is 13.3 Å². The number of halogens is 2. The highest BCUT2D eigenvalue weighted by Gasteiger charge is 2.23. The molecule has 0 aliphatic carbocycles. The molecule has 0 unspecified atom stereocenters. The smallest absolute Gasteiger partial charge is 0.223 e. The number of aromatic nitrogens is 2. The van der Waals surface area contributed by atoms with Crippen molar-refractivity contribution in [1.82, 2.24) is 9.78 Å². The molecule has 0 aliphatic heterocycles. The Kier molecular flexibility index (Phi) is 6.17. The number of Topliss-reactive ketones (excluding diaryl/α,β-unsaturated/α-hetero) is 1. The van der Waals surface area contributed by atoms with Crippen LogP contribution < -0.4 is 4.74 Å². The van der Waals surface area contributed by atoms with Crippen molar-refractivity contribution in [2.75, 3.05) is 6.61 Å². The van der Waals surface area contributed by atoms with Gasteiger partial charge in [0.1, 0.15) is 5.56 Å². The molecule has 3 rings (SSSR count). The highest BCUT2D eigenvalue weighted by Crippen LogP contribution is 2.31. The number of ketones is 2. The first-order valence-electron chi connectivity index (χ1n) is 8.68. The molecule has 1 heterocycles. The number of nitrogens with zero attached hydrogens (tertiary/aromatic N) is 2. The molecule has 5 nitrogen and oxygen atoms in total. The van der Waals surface area contributed by atoms with Crippen molar-refractivity contribution < 1.29 is 14.3 Å². The van der Waals surface area contributed by atoms with Crippen molar-refractivity contribution in [3.8, 4) is 5.88 Å². The summed E-state index contributed by atoms with van der Waals surface area (Å²) < 4.78 is 7.06. The van der Waals surface area contributed by atoms with E-state index in [0.717, 1.165) is 0 Å². The monoisotopic (exact) mass is 416 g/mol. The minimum absolute atomic E-state index is 0.196. The number of ether oxygens (including phenoxy) is 1. The van der Waals surface area contributed by atoms with Gasteiger partial charge in [0.25, 0.3) is 0 Å². The number of hydrogen-bond donors (Lipinski definition) is 0. The molecule has 144 valence electrons. The van der Waals surface area contributed by atoms with Crippen LogP contribution in [0, 0.1) is 0 Å². The van der Waals surface area contributed by atoms with Crippen molar-refractivity contribution in [1.29, 1.82) is 0 Å². The summed E-state index contributed by atoms with van der Waals surface area (Å²) in [6.45, 7) is 1.70. The SMILES string of the molecule is CCc1c(Cl)ccc(C(=O)c2cnn(C)c2OCC(=O)c2ccccc2)c1Cl. The van der Waals surface area contributed by atoms with Crippen molar-refractivity contribution in [2.24, 2.45) is 7.05 Å². The highest BCUT2D eigenvalue weighted by atomic mass is 35.5. The van der Waals surface area contributed by atoms with Gasteiger partial charge in [-0.05, 0) is 24.1 Å². The fourth-order valence-corrected chi connectivity index (χ4v) is 3.56. The summed E-state index contributed by atoms with van der Waals surface area (Å²) >= 11 is 12.6. The van der Waals surface area contributed by atoms with Crippen LogP contribution >= 0.6 is 23.2 Å². The standard InChI is InChI=1S/C21H18Cl2N2O3/c1-3-14-17(22)10-9-15(19(14)23)20(27)16-11-24-25(2)21(16)28-12-18(26)13-7-5-4-6-8-13/h4-11H,3,12H2,1-2H3. The van der Waals surface area contributed by atoms with Crippen LogP contribution in [0.1, 0.15) is 38.8 Å². The molecule has 1 aromatic heterocycles. The Bertz CT molecular complexity index is 1030. The second-order valence-electron chi connectivity index (χ2n) is 6.14. The number of aryl methyl sites for hydroxylation is 1. The summed E-state index contributed by atoms with van der Waals surface area (Å²) in [6, 6.07) is 12.0. The van der Waals surface area contributed by atoms with Gasteiger partial charge in [0.15, 0.2) is 12.4 Å². The molecular formula is C21H18Cl2N2O3. The highest BCUT2D eigenvalue weighted by molar-refractivity contribution is 6.39. The third kappa shape index (κ3) is 3.96. The van der Waals surface area contributed by atoms with Gasteiger partial charge in [-0.3, -0.25) is 9.59 Å². The summed E-state index contributed by atoms with van der Waals surface area (Å²) in [5.74, 6) is -0.331. The van der Waals surface area contributed by atoms with Crippen molar-refractivity contribution >= 4 is 34.8 Å². The second kappa shape index (κ2) is 8.59. The molecule has 0 amide bonds. The number of benzene rings is 2. The van der Waals surface area contributed by atoms with E-state index in [1.807, 2.05) is 13.0 Å². The lowest BCUT2D eigenvalue weighted by Crippen LogP contribution is -2.15. The number of hydrogen-bond acceptors (Lipinski definition) is 4. The molecule has 0 saturated carbocycles. The van der Waals surface area contributed by atoms with Gasteiger partial charge in [0, 0.05) is 23.2 Å². The van der Waals surface area contributed by atoms with E-state index in [2.05, 4.69) is 5.10 Å². The molecule has 0 N–H and O–H groups in total.